The van der Waals surface area contributed by atoms with Crippen molar-refractivity contribution in [1.29, 1.82) is 0 Å². The Morgan fingerprint density at radius 2 is 1.90 bits per heavy atom. The molecule has 0 bridgehead atoms. The molecule has 2 amide bonds. The second kappa shape index (κ2) is 5.89. The van der Waals surface area contributed by atoms with Gasteiger partial charge in [-0.15, -0.1) is 0 Å². The number of hydrogen-bond acceptors (Lipinski definition) is 3. The van der Waals surface area contributed by atoms with Crippen LogP contribution in [-0.2, 0) is 4.79 Å². The van der Waals surface area contributed by atoms with Gasteiger partial charge < -0.3 is 16.0 Å². The number of carbonyl (C=O) groups excluding carboxylic acids is 2. The summed E-state index contributed by atoms with van der Waals surface area (Å²) >= 11 is 11.8. The third-order valence-electron chi connectivity index (χ3n) is 3.00. The van der Waals surface area contributed by atoms with Crippen molar-refractivity contribution in [3.63, 3.8) is 0 Å². The Labute approximate surface area is 127 Å². The summed E-state index contributed by atoms with van der Waals surface area (Å²) in [5.41, 5.74) is 6.15. The number of nitrogens with zero attached hydrogens (tertiary/aromatic N) is 1. The van der Waals surface area contributed by atoms with Gasteiger partial charge >= 0.3 is 0 Å². The van der Waals surface area contributed by atoms with Gasteiger partial charge in [0.15, 0.2) is 0 Å². The van der Waals surface area contributed by atoms with Crippen molar-refractivity contribution in [1.82, 2.24) is 10.2 Å². The van der Waals surface area contributed by atoms with Gasteiger partial charge in [-0.25, -0.2) is 0 Å². The second-order valence-electron chi connectivity index (χ2n) is 4.86. The molecule has 0 unspecified atom stereocenters. The Bertz CT molecular complexity index is 536. The lowest BCUT2D eigenvalue weighted by molar-refractivity contribution is -0.121. The molecule has 108 valence electrons. The van der Waals surface area contributed by atoms with Crippen LogP contribution < -0.4 is 11.1 Å². The Hall–Kier alpha value is -1.46. The van der Waals surface area contributed by atoms with Crippen molar-refractivity contribution in [3.05, 3.63) is 27.7 Å². The van der Waals surface area contributed by atoms with Crippen LogP contribution in [0.4, 0.5) is 5.69 Å². The predicted molar refractivity (Wildman–Crippen MR) is 79.0 cm³/mol. The molecule has 3 N–H and O–H groups in total. The molecule has 0 atom stereocenters. The summed E-state index contributed by atoms with van der Waals surface area (Å²) in [7, 11) is 1.55. The van der Waals surface area contributed by atoms with Crippen molar-refractivity contribution in [2.24, 2.45) is 0 Å². The number of rotatable bonds is 4. The normalized spacial score (nSPS) is 13.9. The van der Waals surface area contributed by atoms with Crippen LogP contribution in [0, 0.1) is 0 Å². The van der Waals surface area contributed by atoms with Gasteiger partial charge in [0.2, 0.25) is 5.91 Å². The summed E-state index contributed by atoms with van der Waals surface area (Å²) in [4.78, 5) is 25.2. The number of halogens is 2. The first-order valence-electron chi connectivity index (χ1n) is 6.18. The van der Waals surface area contributed by atoms with Crippen molar-refractivity contribution < 1.29 is 9.59 Å². The number of likely N-dealkylation sites (N-methyl/N-ethyl adjacent to an activating group) is 1. The van der Waals surface area contributed by atoms with Crippen molar-refractivity contribution in [2.45, 2.75) is 18.9 Å². The maximum absolute atomic E-state index is 12.2. The van der Waals surface area contributed by atoms with Crippen LogP contribution in [0.2, 0.25) is 10.0 Å². The minimum Gasteiger partial charge on any atom is -0.396 e. The van der Waals surface area contributed by atoms with E-state index in [9.17, 15) is 9.59 Å². The average molecular weight is 316 g/mol. The van der Waals surface area contributed by atoms with Gasteiger partial charge in [0.05, 0.1) is 22.3 Å². The third kappa shape index (κ3) is 3.55. The summed E-state index contributed by atoms with van der Waals surface area (Å²) in [5, 5.41) is 3.26. The van der Waals surface area contributed by atoms with Gasteiger partial charge in [-0.3, -0.25) is 9.59 Å². The number of anilines is 1. The smallest absolute Gasteiger partial charge is 0.254 e. The number of hydrogen-bond donors (Lipinski definition) is 2. The molecule has 1 aromatic carbocycles. The Morgan fingerprint density at radius 3 is 2.40 bits per heavy atom. The Kier molecular flexibility index (Phi) is 4.40. The zero-order valence-corrected chi connectivity index (χ0v) is 12.5. The molecule has 0 spiro atoms. The molecular formula is C13H15Cl2N3O2. The lowest BCUT2D eigenvalue weighted by Gasteiger charge is -2.17. The van der Waals surface area contributed by atoms with E-state index in [1.807, 2.05) is 0 Å². The van der Waals surface area contributed by atoms with Gasteiger partial charge in [0.25, 0.3) is 5.91 Å². The number of amides is 2. The lowest BCUT2D eigenvalue weighted by Crippen LogP contribution is -2.39. The first kappa shape index (κ1) is 14.9. The van der Waals surface area contributed by atoms with E-state index < -0.39 is 0 Å². The van der Waals surface area contributed by atoms with E-state index in [2.05, 4.69) is 5.32 Å². The summed E-state index contributed by atoms with van der Waals surface area (Å²) in [6.45, 7) is -0.00501. The molecule has 1 saturated carbocycles. The van der Waals surface area contributed by atoms with E-state index in [0.29, 0.717) is 5.56 Å². The van der Waals surface area contributed by atoms with Crippen LogP contribution in [-0.4, -0.2) is 36.3 Å². The maximum Gasteiger partial charge on any atom is 0.254 e. The fourth-order valence-corrected chi connectivity index (χ4v) is 2.20. The lowest BCUT2D eigenvalue weighted by atomic mass is 10.2. The Balaban J connectivity index is 2.03. The van der Waals surface area contributed by atoms with Gasteiger partial charge in [-0.2, -0.15) is 0 Å². The third-order valence-corrected chi connectivity index (χ3v) is 3.62. The summed E-state index contributed by atoms with van der Waals surface area (Å²) in [6, 6.07) is 3.16. The summed E-state index contributed by atoms with van der Waals surface area (Å²) in [5.74, 6) is -0.504. The van der Waals surface area contributed by atoms with Gasteiger partial charge in [-0.1, -0.05) is 23.2 Å². The highest BCUT2D eigenvalue weighted by Gasteiger charge is 2.24. The molecule has 7 heteroatoms. The topological polar surface area (TPSA) is 75.4 Å². The molecule has 0 aliphatic heterocycles. The number of benzene rings is 1. The van der Waals surface area contributed by atoms with Gasteiger partial charge in [0, 0.05) is 18.7 Å². The van der Waals surface area contributed by atoms with Crippen molar-refractivity contribution in [3.8, 4) is 0 Å². The molecule has 0 radical (unpaired) electrons. The van der Waals surface area contributed by atoms with Crippen LogP contribution in [0.25, 0.3) is 0 Å². The zero-order valence-electron chi connectivity index (χ0n) is 11.0. The molecule has 0 saturated heterocycles. The average Bonchev–Trinajstić information content (AvgIpc) is 3.17. The molecule has 1 aromatic rings. The second-order valence-corrected chi connectivity index (χ2v) is 5.67. The van der Waals surface area contributed by atoms with Crippen LogP contribution in [0.3, 0.4) is 0 Å². The number of nitrogens with one attached hydrogen (secondary N) is 1. The van der Waals surface area contributed by atoms with Crippen molar-refractivity contribution in [2.75, 3.05) is 19.3 Å². The highest BCUT2D eigenvalue weighted by molar-refractivity contribution is 6.39. The molecule has 1 fully saturated rings. The van der Waals surface area contributed by atoms with E-state index in [0.717, 1.165) is 12.8 Å². The van der Waals surface area contributed by atoms with Gasteiger partial charge in [0.1, 0.15) is 0 Å². The predicted octanol–water partition coefficient (Wildman–Crippen LogP) is 1.93. The first-order valence-corrected chi connectivity index (χ1v) is 6.93. The molecule has 1 aliphatic rings. The standard InChI is InChI=1S/C13H15Cl2N3O2/c1-18(6-11(19)17-8-2-3-8)13(20)7-4-9(14)12(16)10(15)5-7/h4-5,8H,2-3,6,16H2,1H3,(H,17,19). The molecular weight excluding hydrogens is 301 g/mol. The minimum atomic E-state index is -0.334. The molecule has 0 heterocycles. The van der Waals surface area contributed by atoms with E-state index in [1.54, 1.807) is 7.05 Å². The van der Waals surface area contributed by atoms with E-state index >= 15 is 0 Å². The van der Waals surface area contributed by atoms with Crippen LogP contribution in [0.5, 0.6) is 0 Å². The quantitative estimate of drug-likeness (QED) is 0.834. The highest BCUT2D eigenvalue weighted by Crippen LogP contribution is 2.29. The number of carbonyl (C=O) groups is 2. The van der Waals surface area contributed by atoms with E-state index in [4.69, 9.17) is 28.9 Å². The molecule has 0 aromatic heterocycles. The summed E-state index contributed by atoms with van der Waals surface area (Å²) < 4.78 is 0. The van der Waals surface area contributed by atoms with Crippen molar-refractivity contribution >= 4 is 40.7 Å². The highest BCUT2D eigenvalue weighted by atomic mass is 35.5. The zero-order chi connectivity index (χ0) is 14.9. The monoisotopic (exact) mass is 315 g/mol. The molecule has 1 aliphatic carbocycles. The number of nitrogen functional groups attached to an aromatic ring is 1. The van der Waals surface area contributed by atoms with E-state index in [1.165, 1.54) is 17.0 Å². The fourth-order valence-electron chi connectivity index (χ4n) is 1.72. The van der Waals surface area contributed by atoms with Gasteiger partial charge in [-0.05, 0) is 25.0 Å². The number of nitrogens with two attached hydrogens (primary N) is 1. The summed E-state index contributed by atoms with van der Waals surface area (Å²) in [6.07, 6.45) is 2.01. The maximum atomic E-state index is 12.2. The Morgan fingerprint density at radius 1 is 1.35 bits per heavy atom. The molecule has 2 rings (SSSR count). The van der Waals surface area contributed by atoms with Crippen LogP contribution >= 0.6 is 23.2 Å². The molecule has 5 nitrogen and oxygen atoms in total. The van der Waals surface area contributed by atoms with Crippen LogP contribution in [0.1, 0.15) is 23.2 Å². The first-order chi connectivity index (χ1) is 9.38. The molecule has 20 heavy (non-hydrogen) atoms. The fraction of sp³-hybridized carbons (Fsp3) is 0.385. The van der Waals surface area contributed by atoms with Crippen LogP contribution in [0.15, 0.2) is 12.1 Å². The SMILES string of the molecule is CN(CC(=O)NC1CC1)C(=O)c1cc(Cl)c(N)c(Cl)c1. The largest absolute Gasteiger partial charge is 0.396 e. The minimum absolute atomic E-state index is 0.00501. The van der Waals surface area contributed by atoms with E-state index in [-0.39, 0.29) is 40.1 Å².